The highest BCUT2D eigenvalue weighted by Gasteiger charge is 2.30. The van der Waals surface area contributed by atoms with E-state index >= 15 is 0 Å². The second kappa shape index (κ2) is 9.73. The lowest BCUT2D eigenvalue weighted by Gasteiger charge is -2.28. The van der Waals surface area contributed by atoms with Crippen molar-refractivity contribution in [1.29, 1.82) is 0 Å². The Labute approximate surface area is 174 Å². The molecule has 0 saturated heterocycles. The van der Waals surface area contributed by atoms with Crippen LogP contribution in [0.4, 0.5) is 11.4 Å². The minimum Gasteiger partial charge on any atom is -0.550 e. The first-order chi connectivity index (χ1) is 14.5. The van der Waals surface area contributed by atoms with E-state index in [4.69, 9.17) is 4.74 Å². The summed E-state index contributed by atoms with van der Waals surface area (Å²) in [6.45, 7) is 0. The topological polar surface area (TPSA) is 108 Å². The van der Waals surface area contributed by atoms with Crippen molar-refractivity contribution in [1.82, 2.24) is 0 Å². The van der Waals surface area contributed by atoms with Crippen LogP contribution in [0.3, 0.4) is 0 Å². The monoisotopic (exact) mass is 407 g/mol. The second-order valence-electron chi connectivity index (χ2n) is 7.09. The van der Waals surface area contributed by atoms with Crippen LogP contribution in [-0.4, -0.2) is 24.9 Å². The number of hydrogen-bond donors (Lipinski definition) is 2. The average Bonchev–Trinajstić information content (AvgIpc) is 2.75. The fourth-order valence-corrected chi connectivity index (χ4v) is 3.45. The quantitative estimate of drug-likeness (QED) is 0.684. The third kappa shape index (κ3) is 5.26. The highest BCUT2D eigenvalue weighted by Crippen LogP contribution is 2.30. The molecule has 2 amide bonds. The van der Waals surface area contributed by atoms with Gasteiger partial charge in [-0.3, -0.25) is 9.59 Å². The van der Waals surface area contributed by atoms with Gasteiger partial charge in [0.2, 0.25) is 11.8 Å². The summed E-state index contributed by atoms with van der Waals surface area (Å²) < 4.78 is 5.34. The largest absolute Gasteiger partial charge is 0.550 e. The molecule has 0 spiro atoms. The van der Waals surface area contributed by atoms with Gasteiger partial charge in [0.25, 0.3) is 0 Å². The van der Waals surface area contributed by atoms with Crippen LogP contribution in [0.1, 0.15) is 18.4 Å². The maximum absolute atomic E-state index is 12.6. The first-order valence-corrected chi connectivity index (χ1v) is 9.66. The van der Waals surface area contributed by atoms with E-state index in [2.05, 4.69) is 10.6 Å². The Morgan fingerprint density at radius 3 is 2.37 bits per heavy atom. The number of methoxy groups -OCH3 is 1. The zero-order chi connectivity index (χ0) is 21.5. The van der Waals surface area contributed by atoms with Gasteiger partial charge in [0, 0.05) is 23.6 Å². The Morgan fingerprint density at radius 2 is 1.70 bits per heavy atom. The number of carbonyl (C=O) groups excluding carboxylic acids is 3. The lowest BCUT2D eigenvalue weighted by Crippen LogP contribution is -2.41. The van der Waals surface area contributed by atoms with Crippen LogP contribution in [0, 0.1) is 11.8 Å². The van der Waals surface area contributed by atoms with Crippen LogP contribution in [0.25, 0.3) is 0 Å². The van der Waals surface area contributed by atoms with Gasteiger partial charge in [-0.15, -0.1) is 0 Å². The summed E-state index contributed by atoms with van der Waals surface area (Å²) in [5.74, 6) is -2.98. The van der Waals surface area contributed by atoms with E-state index < -0.39 is 23.7 Å². The molecule has 7 nitrogen and oxygen atoms in total. The summed E-state index contributed by atoms with van der Waals surface area (Å²) in [6.07, 6.45) is 4.39. The van der Waals surface area contributed by atoms with E-state index in [0.717, 1.165) is 5.56 Å². The molecule has 0 bridgehead atoms. The molecule has 0 saturated carbocycles. The normalized spacial score (nSPS) is 17.8. The Balaban J connectivity index is 1.67. The smallest absolute Gasteiger partial charge is 0.228 e. The summed E-state index contributed by atoms with van der Waals surface area (Å²) in [4.78, 5) is 36.2. The van der Waals surface area contributed by atoms with Crippen molar-refractivity contribution in [2.24, 2.45) is 11.8 Å². The number of allylic oxidation sites excluding steroid dienone is 2. The molecule has 1 aliphatic rings. The molecule has 156 valence electrons. The van der Waals surface area contributed by atoms with Gasteiger partial charge in [-0.2, -0.15) is 0 Å². The van der Waals surface area contributed by atoms with Crippen LogP contribution in [0.5, 0.6) is 5.75 Å². The summed E-state index contributed by atoms with van der Waals surface area (Å²) in [6, 6.07) is 14.2. The Hall–Kier alpha value is -3.61. The molecule has 2 atom stereocenters. The molecule has 2 aromatic rings. The Morgan fingerprint density at radius 1 is 1.00 bits per heavy atom. The van der Waals surface area contributed by atoms with E-state index in [9.17, 15) is 19.5 Å². The molecule has 0 aromatic heterocycles. The van der Waals surface area contributed by atoms with Crippen molar-refractivity contribution in [3.8, 4) is 5.75 Å². The molecular formula is C23H23N2O5-. The first kappa shape index (κ1) is 21.1. The number of anilines is 2. The minimum absolute atomic E-state index is 0.193. The predicted octanol–water partition coefficient (Wildman–Crippen LogP) is 2.15. The van der Waals surface area contributed by atoms with Crippen LogP contribution in [0.2, 0.25) is 0 Å². The molecular weight excluding hydrogens is 384 g/mol. The number of hydrogen-bond acceptors (Lipinski definition) is 5. The van der Waals surface area contributed by atoms with Crippen molar-refractivity contribution >= 4 is 29.2 Å². The molecule has 0 heterocycles. The lowest BCUT2D eigenvalue weighted by atomic mass is 9.82. The number of rotatable bonds is 7. The maximum Gasteiger partial charge on any atom is 0.228 e. The molecule has 0 unspecified atom stereocenters. The van der Waals surface area contributed by atoms with Crippen molar-refractivity contribution in [3.63, 3.8) is 0 Å². The van der Waals surface area contributed by atoms with Gasteiger partial charge in [-0.25, -0.2) is 0 Å². The van der Waals surface area contributed by atoms with Crippen molar-refractivity contribution in [3.05, 3.63) is 66.2 Å². The van der Waals surface area contributed by atoms with Crippen LogP contribution >= 0.6 is 0 Å². The minimum atomic E-state index is -1.23. The van der Waals surface area contributed by atoms with Gasteiger partial charge in [0.15, 0.2) is 0 Å². The number of benzene rings is 2. The maximum atomic E-state index is 12.6. The number of aliphatic carboxylic acids is 1. The summed E-state index contributed by atoms with van der Waals surface area (Å²) >= 11 is 0. The van der Waals surface area contributed by atoms with Gasteiger partial charge in [0.05, 0.1) is 25.1 Å². The molecule has 0 radical (unpaired) electrons. The molecule has 2 aromatic carbocycles. The average molecular weight is 407 g/mol. The molecule has 2 N–H and O–H groups in total. The first-order valence-electron chi connectivity index (χ1n) is 9.66. The number of carbonyl (C=O) groups is 3. The molecule has 3 rings (SSSR count). The van der Waals surface area contributed by atoms with Crippen molar-refractivity contribution in [2.75, 3.05) is 17.7 Å². The van der Waals surface area contributed by atoms with E-state index in [1.165, 1.54) is 7.11 Å². The SMILES string of the molecule is COc1cc(NC(=O)[C@@H]2CC=CC[C@@H]2C(=O)[O-])ccc1NC(=O)Cc1ccccc1. The Kier molecular flexibility index (Phi) is 6.85. The number of carboxylic acid groups (broad SMARTS) is 1. The van der Waals surface area contributed by atoms with E-state index in [1.807, 2.05) is 30.3 Å². The third-order valence-corrected chi connectivity index (χ3v) is 5.02. The van der Waals surface area contributed by atoms with Crippen molar-refractivity contribution in [2.45, 2.75) is 19.3 Å². The third-order valence-electron chi connectivity index (χ3n) is 5.02. The van der Waals surface area contributed by atoms with Gasteiger partial charge in [0.1, 0.15) is 5.75 Å². The summed E-state index contributed by atoms with van der Waals surface area (Å²) in [5, 5.41) is 16.9. The zero-order valence-electron chi connectivity index (χ0n) is 16.6. The van der Waals surface area contributed by atoms with Crippen LogP contribution in [-0.2, 0) is 20.8 Å². The summed E-state index contributed by atoms with van der Waals surface area (Å²) in [7, 11) is 1.46. The van der Waals surface area contributed by atoms with E-state index in [-0.39, 0.29) is 18.7 Å². The van der Waals surface area contributed by atoms with Crippen molar-refractivity contribution < 1.29 is 24.2 Å². The molecule has 30 heavy (non-hydrogen) atoms. The van der Waals surface area contributed by atoms with E-state index in [1.54, 1.807) is 30.4 Å². The number of nitrogens with one attached hydrogen (secondary N) is 2. The lowest BCUT2D eigenvalue weighted by molar-refractivity contribution is -0.313. The van der Waals surface area contributed by atoms with E-state index in [0.29, 0.717) is 23.5 Å². The highest BCUT2D eigenvalue weighted by molar-refractivity contribution is 5.97. The van der Waals surface area contributed by atoms with Gasteiger partial charge in [-0.05, 0) is 30.5 Å². The molecule has 0 aliphatic heterocycles. The summed E-state index contributed by atoms with van der Waals surface area (Å²) in [5.41, 5.74) is 1.82. The van der Waals surface area contributed by atoms with Gasteiger partial charge >= 0.3 is 0 Å². The second-order valence-corrected chi connectivity index (χ2v) is 7.09. The standard InChI is InChI=1S/C23H24N2O5/c1-30-20-14-16(24-22(27)17-9-5-6-10-18(17)23(28)29)11-12-19(20)25-21(26)13-15-7-3-2-4-8-15/h2-8,11-12,14,17-18H,9-10,13H2,1H3,(H,24,27)(H,25,26)(H,28,29)/p-1/t17-,18+/m1/s1. The van der Waals surface area contributed by atoms with Crippen LogP contribution < -0.4 is 20.5 Å². The predicted molar refractivity (Wildman–Crippen MR) is 111 cm³/mol. The molecule has 0 fully saturated rings. The molecule has 7 heteroatoms. The van der Waals surface area contributed by atoms with Gasteiger partial charge < -0.3 is 25.3 Å². The molecule has 1 aliphatic carbocycles. The number of carboxylic acids is 1. The van der Waals surface area contributed by atoms with Crippen LogP contribution in [0.15, 0.2) is 60.7 Å². The number of ether oxygens (including phenoxy) is 1. The Bertz CT molecular complexity index is 955. The zero-order valence-corrected chi connectivity index (χ0v) is 16.6. The fourth-order valence-electron chi connectivity index (χ4n) is 3.45. The van der Waals surface area contributed by atoms with Gasteiger partial charge in [-0.1, -0.05) is 42.5 Å². The number of amides is 2. The highest BCUT2D eigenvalue weighted by atomic mass is 16.5. The fraction of sp³-hybridized carbons (Fsp3) is 0.261.